The van der Waals surface area contributed by atoms with E-state index in [0.717, 1.165) is 27.6 Å². The van der Waals surface area contributed by atoms with Crippen molar-refractivity contribution in [3.05, 3.63) is 42.1 Å². The molecule has 0 radical (unpaired) electrons. The molecule has 0 bridgehead atoms. The van der Waals surface area contributed by atoms with Gasteiger partial charge in [0.25, 0.3) is 0 Å². The first-order valence-electron chi connectivity index (χ1n) is 5.83. The van der Waals surface area contributed by atoms with Crippen LogP contribution in [0.3, 0.4) is 0 Å². The zero-order chi connectivity index (χ0) is 12.1. The summed E-state index contributed by atoms with van der Waals surface area (Å²) in [6.45, 7) is 1.96. The summed E-state index contributed by atoms with van der Waals surface area (Å²) in [7, 11) is 0. The van der Waals surface area contributed by atoms with Crippen LogP contribution in [0.5, 0.6) is 0 Å². The first-order chi connectivity index (χ1) is 8.84. The highest BCUT2D eigenvalue weighted by molar-refractivity contribution is 6.16. The fourth-order valence-electron chi connectivity index (χ4n) is 2.42. The number of rotatable bonds is 0. The van der Waals surface area contributed by atoms with E-state index < -0.39 is 0 Å². The minimum absolute atomic E-state index is 0.846. The lowest BCUT2D eigenvalue weighted by Gasteiger charge is -2.02. The molecule has 2 heterocycles. The molecule has 86 valence electrons. The van der Waals surface area contributed by atoms with Crippen LogP contribution in [0.25, 0.3) is 32.7 Å². The quantitative estimate of drug-likeness (QED) is 0.476. The molecule has 4 aromatic rings. The Labute approximate surface area is 103 Å². The highest BCUT2D eigenvalue weighted by Gasteiger charge is 2.11. The van der Waals surface area contributed by atoms with Crippen LogP contribution in [0.15, 0.2) is 36.4 Å². The van der Waals surface area contributed by atoms with Crippen molar-refractivity contribution in [1.29, 1.82) is 0 Å². The average Bonchev–Trinajstić information content (AvgIpc) is 2.80. The lowest BCUT2D eigenvalue weighted by atomic mass is 10.0. The number of nitrogens with one attached hydrogen (secondary N) is 1. The minimum atomic E-state index is 0.846. The number of nitrogens with zero attached hydrogens (tertiary/aromatic N) is 3. The summed E-state index contributed by atoms with van der Waals surface area (Å²) < 4.78 is 0. The zero-order valence-electron chi connectivity index (χ0n) is 9.81. The van der Waals surface area contributed by atoms with Gasteiger partial charge in [0.1, 0.15) is 11.0 Å². The predicted molar refractivity (Wildman–Crippen MR) is 71.4 cm³/mol. The number of H-pyrrole nitrogens is 1. The van der Waals surface area contributed by atoms with E-state index in [9.17, 15) is 0 Å². The van der Waals surface area contributed by atoms with E-state index in [0.29, 0.717) is 0 Å². The predicted octanol–water partition coefficient (Wildman–Crippen LogP) is 2.97. The van der Waals surface area contributed by atoms with Crippen molar-refractivity contribution in [1.82, 2.24) is 20.4 Å². The summed E-state index contributed by atoms with van der Waals surface area (Å²) in [4.78, 5) is 0. The van der Waals surface area contributed by atoms with Gasteiger partial charge in [0, 0.05) is 5.39 Å². The van der Waals surface area contributed by atoms with Crippen molar-refractivity contribution in [3.8, 4) is 0 Å². The van der Waals surface area contributed by atoms with E-state index in [1.807, 2.05) is 25.1 Å². The molecule has 4 rings (SSSR count). The second kappa shape index (κ2) is 3.26. The average molecular weight is 234 g/mol. The SMILES string of the molecule is Cc1[nH]nc2c1nnc1ccc3ccccc3c12. The summed E-state index contributed by atoms with van der Waals surface area (Å²) in [5.74, 6) is 0. The Balaban J connectivity index is 2.38. The van der Waals surface area contributed by atoms with Gasteiger partial charge < -0.3 is 0 Å². The van der Waals surface area contributed by atoms with Crippen molar-refractivity contribution in [2.75, 3.05) is 0 Å². The molecule has 0 aliphatic rings. The fraction of sp³-hybridized carbons (Fsp3) is 0.0714. The lowest BCUT2D eigenvalue weighted by molar-refractivity contribution is 1.06. The molecule has 0 saturated carbocycles. The Morgan fingerprint density at radius 3 is 2.78 bits per heavy atom. The summed E-state index contributed by atoms with van der Waals surface area (Å²) >= 11 is 0. The van der Waals surface area contributed by atoms with Gasteiger partial charge in [0.05, 0.1) is 11.2 Å². The third-order valence-electron chi connectivity index (χ3n) is 3.32. The molecule has 4 nitrogen and oxygen atoms in total. The van der Waals surface area contributed by atoms with Crippen LogP contribution < -0.4 is 0 Å². The van der Waals surface area contributed by atoms with Crippen LogP contribution in [-0.4, -0.2) is 20.4 Å². The van der Waals surface area contributed by atoms with E-state index in [1.54, 1.807) is 0 Å². The van der Waals surface area contributed by atoms with Gasteiger partial charge in [-0.2, -0.15) is 5.10 Å². The van der Waals surface area contributed by atoms with Gasteiger partial charge in [-0.15, -0.1) is 10.2 Å². The van der Waals surface area contributed by atoms with Gasteiger partial charge in [-0.3, -0.25) is 5.10 Å². The maximum absolute atomic E-state index is 4.37. The molecule has 0 amide bonds. The number of aromatic amines is 1. The molecule has 0 saturated heterocycles. The van der Waals surface area contributed by atoms with Gasteiger partial charge in [-0.05, 0) is 23.8 Å². The van der Waals surface area contributed by atoms with E-state index >= 15 is 0 Å². The van der Waals surface area contributed by atoms with Gasteiger partial charge in [-0.1, -0.05) is 30.3 Å². The Morgan fingerprint density at radius 1 is 0.944 bits per heavy atom. The second-order valence-electron chi connectivity index (χ2n) is 4.43. The van der Waals surface area contributed by atoms with Gasteiger partial charge >= 0.3 is 0 Å². The number of benzene rings is 2. The monoisotopic (exact) mass is 234 g/mol. The smallest absolute Gasteiger partial charge is 0.134 e. The molecule has 0 spiro atoms. The molecule has 1 N–H and O–H groups in total. The number of aryl methyl sites for hydroxylation is 1. The Kier molecular flexibility index (Phi) is 1.73. The van der Waals surface area contributed by atoms with Crippen molar-refractivity contribution in [2.24, 2.45) is 0 Å². The first kappa shape index (κ1) is 9.53. The zero-order valence-corrected chi connectivity index (χ0v) is 9.81. The summed E-state index contributed by atoms with van der Waals surface area (Å²) in [5.41, 5.74) is 3.58. The standard InChI is InChI=1S/C14H10N4/c1-8-13-14(18-15-8)12-10-5-3-2-4-9(10)6-7-11(12)16-17-13/h2-7H,1H3,(H,15,18). The van der Waals surface area contributed by atoms with Crippen molar-refractivity contribution in [3.63, 3.8) is 0 Å². The van der Waals surface area contributed by atoms with Crippen LogP contribution in [0.2, 0.25) is 0 Å². The summed E-state index contributed by atoms with van der Waals surface area (Å²) in [6, 6.07) is 12.3. The molecular weight excluding hydrogens is 224 g/mol. The van der Waals surface area contributed by atoms with Crippen LogP contribution in [0.1, 0.15) is 5.69 Å². The molecule has 18 heavy (non-hydrogen) atoms. The molecule has 2 aromatic heterocycles. The van der Waals surface area contributed by atoms with Crippen LogP contribution >= 0.6 is 0 Å². The molecule has 2 aromatic carbocycles. The van der Waals surface area contributed by atoms with E-state index in [4.69, 9.17) is 0 Å². The first-order valence-corrected chi connectivity index (χ1v) is 5.83. The maximum atomic E-state index is 4.37. The highest BCUT2D eigenvalue weighted by Crippen LogP contribution is 2.29. The number of fused-ring (bicyclic) bond motifs is 5. The van der Waals surface area contributed by atoms with E-state index in [1.165, 1.54) is 10.8 Å². The Bertz CT molecular complexity index is 892. The largest absolute Gasteiger partial charge is 0.280 e. The molecule has 0 unspecified atom stereocenters. The second-order valence-corrected chi connectivity index (χ2v) is 4.43. The summed E-state index contributed by atoms with van der Waals surface area (Å²) in [6.07, 6.45) is 0. The normalized spacial score (nSPS) is 11.6. The molecule has 0 aliphatic heterocycles. The minimum Gasteiger partial charge on any atom is -0.280 e. The third kappa shape index (κ3) is 1.12. The van der Waals surface area contributed by atoms with Crippen molar-refractivity contribution in [2.45, 2.75) is 6.92 Å². The van der Waals surface area contributed by atoms with Crippen molar-refractivity contribution >= 4 is 32.7 Å². The number of aromatic nitrogens is 4. The maximum Gasteiger partial charge on any atom is 0.134 e. The van der Waals surface area contributed by atoms with Gasteiger partial charge in [0.2, 0.25) is 0 Å². The molecular formula is C14H10N4. The van der Waals surface area contributed by atoms with Gasteiger partial charge in [-0.25, -0.2) is 0 Å². The lowest BCUT2D eigenvalue weighted by Crippen LogP contribution is -1.87. The molecule has 0 aliphatic carbocycles. The number of hydrogen-bond donors (Lipinski definition) is 1. The molecule has 4 heteroatoms. The van der Waals surface area contributed by atoms with Crippen LogP contribution in [0.4, 0.5) is 0 Å². The molecule has 0 fully saturated rings. The van der Waals surface area contributed by atoms with E-state index in [2.05, 4.69) is 38.6 Å². The van der Waals surface area contributed by atoms with Crippen molar-refractivity contribution < 1.29 is 0 Å². The number of hydrogen-bond acceptors (Lipinski definition) is 3. The Morgan fingerprint density at radius 2 is 1.83 bits per heavy atom. The molecule has 0 atom stereocenters. The third-order valence-corrected chi connectivity index (χ3v) is 3.32. The van der Waals surface area contributed by atoms with Gasteiger partial charge in [0.15, 0.2) is 0 Å². The van der Waals surface area contributed by atoms with Crippen LogP contribution in [-0.2, 0) is 0 Å². The summed E-state index contributed by atoms with van der Waals surface area (Å²) in [5, 5.41) is 19.3. The van der Waals surface area contributed by atoms with Crippen LogP contribution in [0, 0.1) is 6.92 Å². The Hall–Kier alpha value is -2.49. The highest BCUT2D eigenvalue weighted by atomic mass is 15.2. The fourth-order valence-corrected chi connectivity index (χ4v) is 2.42. The topological polar surface area (TPSA) is 54.5 Å². The van der Waals surface area contributed by atoms with E-state index in [-0.39, 0.29) is 0 Å².